The normalized spacial score (nSPS) is 10.3. The van der Waals surface area contributed by atoms with Crippen LogP contribution in [0.15, 0.2) is 53.0 Å². The second-order valence-electron chi connectivity index (χ2n) is 5.28. The molecule has 0 aliphatic rings. The predicted molar refractivity (Wildman–Crippen MR) is 98.4 cm³/mol. The molecule has 0 fully saturated rings. The van der Waals surface area contributed by atoms with Gasteiger partial charge in [-0.2, -0.15) is 5.26 Å². The number of anilines is 1. The van der Waals surface area contributed by atoms with Gasteiger partial charge in [0.1, 0.15) is 29.0 Å². The summed E-state index contributed by atoms with van der Waals surface area (Å²) in [7, 11) is 1.55. The van der Waals surface area contributed by atoms with Crippen LogP contribution < -0.4 is 10.5 Å². The van der Waals surface area contributed by atoms with Gasteiger partial charge in [0.25, 0.3) is 0 Å². The number of methoxy groups -OCH3 is 1. The van der Waals surface area contributed by atoms with Gasteiger partial charge < -0.3 is 10.5 Å². The first-order chi connectivity index (χ1) is 12.0. The summed E-state index contributed by atoms with van der Waals surface area (Å²) in [5.41, 5.74) is 8.57. The van der Waals surface area contributed by atoms with Gasteiger partial charge in [-0.15, -0.1) is 0 Å². The maximum absolute atomic E-state index is 13.6. The Morgan fingerprint density at radius 2 is 1.96 bits per heavy atom. The molecule has 0 radical (unpaired) electrons. The second-order valence-corrected chi connectivity index (χ2v) is 6.20. The third-order valence-corrected chi connectivity index (χ3v) is 4.22. The molecule has 1 aromatic heterocycles. The molecular weight excluding hydrogens is 385 g/mol. The molecule has 3 aromatic rings. The summed E-state index contributed by atoms with van der Waals surface area (Å²) in [5.74, 6) is 0.306. The Balaban J connectivity index is 2.30. The zero-order valence-corrected chi connectivity index (χ0v) is 14.8. The molecule has 0 aliphatic carbocycles. The van der Waals surface area contributed by atoms with Crippen molar-refractivity contribution in [3.05, 3.63) is 64.4 Å². The molecule has 0 spiro atoms. The van der Waals surface area contributed by atoms with Gasteiger partial charge in [0.2, 0.25) is 0 Å². The van der Waals surface area contributed by atoms with Crippen molar-refractivity contribution in [1.82, 2.24) is 4.98 Å². The first-order valence-electron chi connectivity index (χ1n) is 7.34. The Bertz CT molecular complexity index is 998. The summed E-state index contributed by atoms with van der Waals surface area (Å²) in [5, 5.41) is 9.52. The number of hydrogen-bond donors (Lipinski definition) is 1. The number of rotatable bonds is 3. The van der Waals surface area contributed by atoms with E-state index in [1.807, 2.05) is 12.1 Å². The molecule has 4 nitrogen and oxygen atoms in total. The van der Waals surface area contributed by atoms with Crippen LogP contribution in [0, 0.1) is 17.1 Å². The average molecular weight is 398 g/mol. The molecular formula is C19H13BrFN3O. The van der Waals surface area contributed by atoms with Crippen LogP contribution in [-0.4, -0.2) is 12.1 Å². The molecule has 6 heteroatoms. The van der Waals surface area contributed by atoms with E-state index in [1.165, 1.54) is 12.1 Å². The molecule has 3 rings (SSSR count). The minimum absolute atomic E-state index is 0.0845. The van der Waals surface area contributed by atoms with E-state index in [4.69, 9.17) is 10.5 Å². The van der Waals surface area contributed by atoms with Gasteiger partial charge in [-0.1, -0.05) is 28.1 Å². The van der Waals surface area contributed by atoms with Gasteiger partial charge >= 0.3 is 0 Å². The Labute approximate surface area is 152 Å². The van der Waals surface area contributed by atoms with Gasteiger partial charge in [-0.25, -0.2) is 9.37 Å². The van der Waals surface area contributed by atoms with Crippen molar-refractivity contribution < 1.29 is 9.13 Å². The Morgan fingerprint density at radius 1 is 1.16 bits per heavy atom. The van der Waals surface area contributed by atoms with E-state index in [2.05, 4.69) is 27.0 Å². The number of aromatic nitrogens is 1. The smallest absolute Gasteiger partial charge is 0.142 e. The van der Waals surface area contributed by atoms with E-state index in [0.717, 1.165) is 4.47 Å². The van der Waals surface area contributed by atoms with E-state index < -0.39 is 0 Å². The highest BCUT2D eigenvalue weighted by molar-refractivity contribution is 9.10. The molecule has 0 unspecified atom stereocenters. The van der Waals surface area contributed by atoms with Crippen LogP contribution >= 0.6 is 15.9 Å². The van der Waals surface area contributed by atoms with Crippen LogP contribution in [0.5, 0.6) is 5.75 Å². The average Bonchev–Trinajstić information content (AvgIpc) is 2.61. The summed E-state index contributed by atoms with van der Waals surface area (Å²) in [6.45, 7) is 0. The largest absolute Gasteiger partial charge is 0.496 e. The van der Waals surface area contributed by atoms with Crippen molar-refractivity contribution >= 4 is 21.7 Å². The Hall–Kier alpha value is -2.91. The van der Waals surface area contributed by atoms with E-state index in [9.17, 15) is 9.65 Å². The highest BCUT2D eigenvalue weighted by atomic mass is 79.9. The van der Waals surface area contributed by atoms with Crippen LogP contribution in [-0.2, 0) is 0 Å². The number of benzene rings is 2. The SMILES string of the molecule is COc1ccc(Br)cc1-c1cc(-c2cccc(F)c2)nc(N)c1C#N. The standard InChI is InChI=1S/C19H13BrFN3O/c1-25-18-6-5-12(20)8-15(18)14-9-17(24-19(23)16(14)10-22)11-3-2-4-13(21)7-11/h2-9H,1H3,(H2,23,24). The zero-order valence-electron chi connectivity index (χ0n) is 13.3. The molecule has 1 heterocycles. The topological polar surface area (TPSA) is 71.9 Å². The van der Waals surface area contributed by atoms with E-state index in [1.54, 1.807) is 31.4 Å². The van der Waals surface area contributed by atoms with E-state index in [-0.39, 0.29) is 17.2 Å². The Kier molecular flexibility index (Phi) is 4.68. The van der Waals surface area contributed by atoms with Crippen LogP contribution in [0.4, 0.5) is 10.2 Å². The molecule has 0 saturated carbocycles. The lowest BCUT2D eigenvalue weighted by atomic mass is 9.97. The molecule has 2 aromatic carbocycles. The fraction of sp³-hybridized carbons (Fsp3) is 0.0526. The number of pyridine rings is 1. The Morgan fingerprint density at radius 3 is 2.64 bits per heavy atom. The van der Waals surface area contributed by atoms with Gasteiger partial charge in [0, 0.05) is 21.2 Å². The van der Waals surface area contributed by atoms with Crippen molar-refractivity contribution in [2.45, 2.75) is 0 Å². The number of nitrogens with zero attached hydrogens (tertiary/aromatic N) is 2. The molecule has 0 aliphatic heterocycles. The van der Waals surface area contributed by atoms with E-state index >= 15 is 0 Å². The monoisotopic (exact) mass is 397 g/mol. The van der Waals surface area contributed by atoms with Crippen molar-refractivity contribution in [2.75, 3.05) is 12.8 Å². The summed E-state index contributed by atoms with van der Waals surface area (Å²) >= 11 is 3.43. The van der Waals surface area contributed by atoms with Gasteiger partial charge in [-0.3, -0.25) is 0 Å². The number of nitrogens with two attached hydrogens (primary N) is 1. The lowest BCUT2D eigenvalue weighted by molar-refractivity contribution is 0.416. The van der Waals surface area contributed by atoms with Crippen LogP contribution in [0.25, 0.3) is 22.4 Å². The number of ether oxygens (including phenoxy) is 1. The lowest BCUT2D eigenvalue weighted by Gasteiger charge is -2.13. The zero-order chi connectivity index (χ0) is 18.0. The minimum Gasteiger partial charge on any atom is -0.496 e. The summed E-state index contributed by atoms with van der Waals surface area (Å²) in [6.07, 6.45) is 0. The third-order valence-electron chi connectivity index (χ3n) is 3.73. The minimum atomic E-state index is -0.371. The fourth-order valence-corrected chi connectivity index (χ4v) is 2.94. The predicted octanol–water partition coefficient (Wildman–Crippen LogP) is 4.78. The first-order valence-corrected chi connectivity index (χ1v) is 8.13. The van der Waals surface area contributed by atoms with Crippen LogP contribution in [0.3, 0.4) is 0 Å². The number of halogens is 2. The van der Waals surface area contributed by atoms with Gasteiger partial charge in [-0.05, 0) is 36.4 Å². The maximum Gasteiger partial charge on any atom is 0.142 e. The summed E-state index contributed by atoms with van der Waals surface area (Å²) < 4.78 is 19.8. The fourth-order valence-electron chi connectivity index (χ4n) is 2.58. The number of nitrogen functional groups attached to an aromatic ring is 1. The summed E-state index contributed by atoms with van der Waals surface area (Å²) in [4.78, 5) is 4.26. The number of hydrogen-bond acceptors (Lipinski definition) is 4. The van der Waals surface area contributed by atoms with Crippen molar-refractivity contribution in [3.63, 3.8) is 0 Å². The van der Waals surface area contributed by atoms with Crippen molar-refractivity contribution in [1.29, 1.82) is 5.26 Å². The third kappa shape index (κ3) is 3.32. The first kappa shape index (κ1) is 16.9. The number of nitriles is 1. The van der Waals surface area contributed by atoms with Gasteiger partial charge in [0.15, 0.2) is 0 Å². The highest BCUT2D eigenvalue weighted by Crippen LogP contribution is 2.37. The molecule has 25 heavy (non-hydrogen) atoms. The van der Waals surface area contributed by atoms with E-state index in [0.29, 0.717) is 28.1 Å². The molecule has 0 bridgehead atoms. The molecule has 0 amide bonds. The quantitative estimate of drug-likeness (QED) is 0.689. The van der Waals surface area contributed by atoms with Crippen molar-refractivity contribution in [3.8, 4) is 34.2 Å². The van der Waals surface area contributed by atoms with Crippen LogP contribution in [0.2, 0.25) is 0 Å². The second kappa shape index (κ2) is 6.91. The molecule has 0 saturated heterocycles. The van der Waals surface area contributed by atoms with Crippen LogP contribution in [0.1, 0.15) is 5.56 Å². The highest BCUT2D eigenvalue weighted by Gasteiger charge is 2.17. The van der Waals surface area contributed by atoms with Crippen molar-refractivity contribution in [2.24, 2.45) is 0 Å². The molecule has 124 valence electrons. The lowest BCUT2D eigenvalue weighted by Crippen LogP contribution is -2.01. The summed E-state index contributed by atoms with van der Waals surface area (Å²) in [6, 6.07) is 15.3. The molecule has 0 atom stereocenters. The maximum atomic E-state index is 13.6. The van der Waals surface area contributed by atoms with Gasteiger partial charge in [0.05, 0.1) is 12.8 Å². The molecule has 2 N–H and O–H groups in total.